The van der Waals surface area contributed by atoms with Gasteiger partial charge >= 0.3 is 5.97 Å². The third-order valence-electron chi connectivity index (χ3n) is 4.99. The summed E-state index contributed by atoms with van der Waals surface area (Å²) in [5, 5.41) is 3.71. The number of carbonyl (C=O) groups excluding carboxylic acids is 1. The molecule has 0 radical (unpaired) electrons. The maximum atomic E-state index is 13.1. The Morgan fingerprint density at radius 2 is 1.87 bits per heavy atom. The Kier molecular flexibility index (Phi) is 6.51. The Morgan fingerprint density at radius 3 is 2.58 bits per heavy atom. The van der Waals surface area contributed by atoms with Gasteiger partial charge in [-0.1, -0.05) is 35.5 Å². The fourth-order valence-electron chi connectivity index (χ4n) is 3.38. The minimum Gasteiger partial charge on any atom is -0.461 e. The van der Waals surface area contributed by atoms with Crippen LogP contribution in [-0.4, -0.2) is 61.5 Å². The molecule has 10 heteroatoms. The van der Waals surface area contributed by atoms with Gasteiger partial charge in [0.25, 0.3) is 10.0 Å². The van der Waals surface area contributed by atoms with E-state index in [2.05, 4.69) is 22.2 Å². The van der Waals surface area contributed by atoms with Crippen molar-refractivity contribution in [2.24, 2.45) is 0 Å². The van der Waals surface area contributed by atoms with Crippen LogP contribution in [0.25, 0.3) is 10.6 Å². The van der Waals surface area contributed by atoms with Gasteiger partial charge in [0.15, 0.2) is 11.5 Å². The zero-order valence-electron chi connectivity index (χ0n) is 17.1. The molecule has 0 bridgehead atoms. The number of ether oxygens (including phenoxy) is 1. The van der Waals surface area contributed by atoms with E-state index in [1.54, 1.807) is 19.1 Å². The molecule has 3 aromatic rings. The first-order valence-electron chi connectivity index (χ1n) is 9.98. The highest BCUT2D eigenvalue weighted by molar-refractivity contribution is 7.91. The first kappa shape index (κ1) is 21.7. The molecule has 8 nitrogen and oxygen atoms in total. The van der Waals surface area contributed by atoms with Crippen molar-refractivity contribution in [1.29, 1.82) is 0 Å². The molecular formula is C21H23N3O5S2. The monoisotopic (exact) mass is 461 g/mol. The van der Waals surface area contributed by atoms with E-state index in [0.717, 1.165) is 17.9 Å². The largest absolute Gasteiger partial charge is 0.461 e. The molecule has 1 aliphatic heterocycles. The summed E-state index contributed by atoms with van der Waals surface area (Å²) in [6.45, 7) is 4.99. The molecule has 4 rings (SSSR count). The number of hydrogen-bond donors (Lipinski definition) is 0. The van der Waals surface area contributed by atoms with Crippen molar-refractivity contribution in [3.8, 4) is 10.6 Å². The van der Waals surface area contributed by atoms with E-state index >= 15 is 0 Å². The van der Waals surface area contributed by atoms with Gasteiger partial charge in [-0.25, -0.2) is 13.2 Å². The van der Waals surface area contributed by atoms with Gasteiger partial charge in [0.2, 0.25) is 0 Å². The van der Waals surface area contributed by atoms with Gasteiger partial charge in [0, 0.05) is 38.8 Å². The molecule has 2 aromatic heterocycles. The lowest BCUT2D eigenvalue weighted by molar-refractivity contribution is 0.0514. The van der Waals surface area contributed by atoms with E-state index < -0.39 is 16.0 Å². The number of thiophene rings is 1. The standard InChI is InChI=1S/C21H23N3O5S2/c1-2-28-21(25)17-14-18(29-22-17)19-8-9-20(30-19)31(26,27)24-12-10-23(11-13-24)15-16-6-4-3-5-7-16/h3-9,14H,2,10-13,15H2,1H3. The third kappa shape index (κ3) is 4.87. The smallest absolute Gasteiger partial charge is 0.360 e. The maximum absolute atomic E-state index is 13.1. The van der Waals surface area contributed by atoms with Gasteiger partial charge < -0.3 is 9.26 Å². The minimum atomic E-state index is -3.59. The molecule has 31 heavy (non-hydrogen) atoms. The van der Waals surface area contributed by atoms with Crippen molar-refractivity contribution < 1.29 is 22.5 Å². The number of nitrogens with zero attached hydrogens (tertiary/aromatic N) is 3. The summed E-state index contributed by atoms with van der Waals surface area (Å²) in [6, 6.07) is 14.8. The van der Waals surface area contributed by atoms with Crippen LogP contribution in [0, 0.1) is 0 Å². The van der Waals surface area contributed by atoms with Gasteiger partial charge in [-0.15, -0.1) is 11.3 Å². The van der Waals surface area contributed by atoms with E-state index in [4.69, 9.17) is 9.26 Å². The quantitative estimate of drug-likeness (QED) is 0.499. The molecule has 1 aliphatic rings. The number of aromatic nitrogens is 1. The fourth-order valence-corrected chi connectivity index (χ4v) is 6.21. The molecule has 1 aromatic carbocycles. The second-order valence-corrected chi connectivity index (χ2v) is 10.3. The van der Waals surface area contributed by atoms with Crippen LogP contribution in [0.15, 0.2) is 57.3 Å². The lowest BCUT2D eigenvalue weighted by Crippen LogP contribution is -2.48. The first-order chi connectivity index (χ1) is 15.0. The Morgan fingerprint density at radius 1 is 1.13 bits per heavy atom. The molecule has 0 saturated carbocycles. The summed E-state index contributed by atoms with van der Waals surface area (Å²) in [7, 11) is -3.59. The summed E-state index contributed by atoms with van der Waals surface area (Å²) in [4.78, 5) is 14.6. The van der Waals surface area contributed by atoms with Gasteiger partial charge in [-0.05, 0) is 24.6 Å². The van der Waals surface area contributed by atoms with Gasteiger partial charge in [-0.3, -0.25) is 4.90 Å². The van der Waals surface area contributed by atoms with Crippen LogP contribution in [0.1, 0.15) is 23.0 Å². The zero-order chi connectivity index (χ0) is 21.8. The van der Waals surface area contributed by atoms with E-state index in [0.29, 0.717) is 36.8 Å². The second kappa shape index (κ2) is 9.31. The molecule has 0 aliphatic carbocycles. The molecular weight excluding hydrogens is 438 g/mol. The Bertz CT molecular complexity index is 1130. The summed E-state index contributed by atoms with van der Waals surface area (Å²) in [6.07, 6.45) is 0. The summed E-state index contributed by atoms with van der Waals surface area (Å²) < 4.78 is 38.1. The number of hydrogen-bond acceptors (Lipinski definition) is 8. The van der Waals surface area contributed by atoms with Crippen LogP contribution < -0.4 is 0 Å². The van der Waals surface area contributed by atoms with Crippen molar-refractivity contribution in [2.75, 3.05) is 32.8 Å². The van der Waals surface area contributed by atoms with Crippen LogP contribution in [-0.2, 0) is 21.3 Å². The fraction of sp³-hybridized carbons (Fsp3) is 0.333. The summed E-state index contributed by atoms with van der Waals surface area (Å²) >= 11 is 1.10. The highest BCUT2D eigenvalue weighted by Crippen LogP contribution is 2.33. The van der Waals surface area contributed by atoms with Crippen LogP contribution in [0.4, 0.5) is 0 Å². The number of rotatable bonds is 7. The molecule has 164 valence electrons. The summed E-state index contributed by atoms with van der Waals surface area (Å²) in [5.41, 5.74) is 1.28. The molecule has 0 atom stereocenters. The SMILES string of the molecule is CCOC(=O)c1cc(-c2ccc(S(=O)(=O)N3CCN(Cc4ccccc4)CC3)s2)on1. The van der Waals surface area contributed by atoms with Crippen molar-refractivity contribution >= 4 is 27.3 Å². The van der Waals surface area contributed by atoms with Crippen LogP contribution >= 0.6 is 11.3 Å². The van der Waals surface area contributed by atoms with Crippen molar-refractivity contribution in [2.45, 2.75) is 17.7 Å². The van der Waals surface area contributed by atoms with Gasteiger partial charge in [0.05, 0.1) is 11.5 Å². The first-order valence-corrected chi connectivity index (χ1v) is 12.2. The number of sulfonamides is 1. The molecule has 0 N–H and O–H groups in total. The number of benzene rings is 1. The van der Waals surface area contributed by atoms with Gasteiger partial charge in [-0.2, -0.15) is 4.31 Å². The van der Waals surface area contributed by atoms with E-state index in [1.807, 2.05) is 18.2 Å². The van der Waals surface area contributed by atoms with E-state index in [1.165, 1.54) is 15.9 Å². The highest BCUT2D eigenvalue weighted by Gasteiger charge is 2.30. The van der Waals surface area contributed by atoms with Crippen LogP contribution in [0.5, 0.6) is 0 Å². The predicted octanol–water partition coefficient (Wildman–Crippen LogP) is 3.09. The van der Waals surface area contributed by atoms with Crippen LogP contribution in [0.3, 0.4) is 0 Å². The second-order valence-electron chi connectivity index (χ2n) is 7.08. The molecule has 0 unspecified atom stereocenters. The molecule has 0 spiro atoms. The topological polar surface area (TPSA) is 93.0 Å². The lowest BCUT2D eigenvalue weighted by atomic mass is 10.2. The molecule has 1 fully saturated rings. The predicted molar refractivity (Wildman–Crippen MR) is 116 cm³/mol. The average molecular weight is 462 g/mol. The highest BCUT2D eigenvalue weighted by atomic mass is 32.2. The summed E-state index contributed by atoms with van der Waals surface area (Å²) in [5.74, 6) is -0.238. The Labute approximate surface area is 185 Å². The van der Waals surface area contributed by atoms with Crippen LogP contribution in [0.2, 0.25) is 0 Å². The normalized spacial score (nSPS) is 15.8. The molecule has 0 amide bonds. The van der Waals surface area contributed by atoms with Crippen molar-refractivity contribution in [3.05, 3.63) is 59.8 Å². The maximum Gasteiger partial charge on any atom is 0.360 e. The minimum absolute atomic E-state index is 0.0594. The molecule has 3 heterocycles. The number of carbonyl (C=O) groups is 1. The van der Waals surface area contributed by atoms with Gasteiger partial charge in [0.1, 0.15) is 4.21 Å². The number of piperazine rings is 1. The van der Waals surface area contributed by atoms with E-state index in [-0.39, 0.29) is 16.5 Å². The lowest BCUT2D eigenvalue weighted by Gasteiger charge is -2.33. The van der Waals surface area contributed by atoms with E-state index in [9.17, 15) is 13.2 Å². The third-order valence-corrected chi connectivity index (χ3v) is 8.46. The Hall–Kier alpha value is -2.53. The van der Waals surface area contributed by atoms with Crippen molar-refractivity contribution in [3.63, 3.8) is 0 Å². The van der Waals surface area contributed by atoms with Crippen molar-refractivity contribution in [1.82, 2.24) is 14.4 Å². The zero-order valence-corrected chi connectivity index (χ0v) is 18.7. The Balaban J connectivity index is 1.41. The molecule has 1 saturated heterocycles. The number of esters is 1. The average Bonchev–Trinajstić information content (AvgIpc) is 3.45.